The molecule has 170 valence electrons. The van der Waals surface area contributed by atoms with E-state index in [4.69, 9.17) is 9.72 Å². The molecule has 1 aliphatic rings. The Morgan fingerprint density at radius 1 is 1.06 bits per heavy atom. The first kappa shape index (κ1) is 22.5. The molecule has 0 atom stereocenters. The van der Waals surface area contributed by atoms with E-state index in [0.717, 1.165) is 35.4 Å². The van der Waals surface area contributed by atoms with E-state index in [1.807, 2.05) is 44.2 Å². The van der Waals surface area contributed by atoms with Crippen molar-refractivity contribution in [2.45, 2.75) is 19.9 Å². The van der Waals surface area contributed by atoms with E-state index in [-0.39, 0.29) is 17.9 Å². The normalized spacial score (nSPS) is 14.1. The highest BCUT2D eigenvalue weighted by Gasteiger charge is 2.16. The second-order valence-corrected chi connectivity index (χ2v) is 8.22. The molecule has 7 nitrogen and oxygen atoms in total. The highest BCUT2D eigenvalue weighted by molar-refractivity contribution is 6.07. The summed E-state index contributed by atoms with van der Waals surface area (Å²) in [6.07, 6.45) is 3.40. The van der Waals surface area contributed by atoms with E-state index in [9.17, 15) is 9.59 Å². The van der Waals surface area contributed by atoms with Crippen LogP contribution >= 0.6 is 0 Å². The molecule has 0 radical (unpaired) electrons. The Labute approximate surface area is 193 Å². The van der Waals surface area contributed by atoms with Crippen LogP contribution in [0.3, 0.4) is 0 Å². The highest BCUT2D eigenvalue weighted by Crippen LogP contribution is 2.26. The minimum atomic E-state index is -0.275. The van der Waals surface area contributed by atoms with Gasteiger partial charge in [0.05, 0.1) is 18.7 Å². The Morgan fingerprint density at radius 3 is 2.52 bits per heavy atom. The van der Waals surface area contributed by atoms with Crippen LogP contribution in [0.25, 0.3) is 17.0 Å². The Bertz CT molecular complexity index is 1170. The number of allylic oxidation sites excluding steroid dienone is 1. The quantitative estimate of drug-likeness (QED) is 0.432. The van der Waals surface area contributed by atoms with Crippen molar-refractivity contribution >= 4 is 40.3 Å². The van der Waals surface area contributed by atoms with E-state index in [0.29, 0.717) is 24.5 Å². The number of hydrogen-bond donors (Lipinski definition) is 2. The van der Waals surface area contributed by atoms with E-state index in [1.165, 1.54) is 0 Å². The van der Waals surface area contributed by atoms with Crippen molar-refractivity contribution in [3.8, 4) is 0 Å². The van der Waals surface area contributed by atoms with Gasteiger partial charge in [0.15, 0.2) is 5.78 Å². The average molecular weight is 445 g/mol. The van der Waals surface area contributed by atoms with Gasteiger partial charge in [-0.2, -0.15) is 0 Å². The molecule has 33 heavy (non-hydrogen) atoms. The molecule has 1 saturated heterocycles. The molecule has 4 rings (SSSR count). The number of nitrogens with zero attached hydrogens (tertiary/aromatic N) is 2. The molecule has 2 heterocycles. The summed E-state index contributed by atoms with van der Waals surface area (Å²) in [5.41, 5.74) is 2.99. The van der Waals surface area contributed by atoms with E-state index in [1.54, 1.807) is 30.3 Å². The predicted molar refractivity (Wildman–Crippen MR) is 132 cm³/mol. The summed E-state index contributed by atoms with van der Waals surface area (Å²) in [6.45, 7) is 6.63. The lowest BCUT2D eigenvalue weighted by atomic mass is 10.1. The summed E-state index contributed by atoms with van der Waals surface area (Å²) in [5.74, 6) is 0.742. The number of amides is 2. The predicted octanol–water partition coefficient (Wildman–Crippen LogP) is 4.50. The highest BCUT2D eigenvalue weighted by atomic mass is 16.5. The number of hydrogen-bond acceptors (Lipinski definition) is 5. The number of nitrogens with one attached hydrogen (secondary N) is 2. The first-order valence-electron chi connectivity index (χ1n) is 11.1. The van der Waals surface area contributed by atoms with Gasteiger partial charge in [-0.25, -0.2) is 9.78 Å². The minimum absolute atomic E-state index is 0.0444. The van der Waals surface area contributed by atoms with Gasteiger partial charge in [0, 0.05) is 41.3 Å². The number of urea groups is 1. The molecule has 0 bridgehead atoms. The third kappa shape index (κ3) is 5.75. The number of carbonyl (C=O) groups is 2. The van der Waals surface area contributed by atoms with Crippen LogP contribution in [0, 0.1) is 0 Å². The van der Waals surface area contributed by atoms with Crippen molar-refractivity contribution in [2.75, 3.05) is 36.5 Å². The molecule has 1 fully saturated rings. The molecule has 1 aliphatic heterocycles. The van der Waals surface area contributed by atoms with Crippen LogP contribution in [0.4, 0.5) is 16.3 Å². The van der Waals surface area contributed by atoms with Crippen molar-refractivity contribution in [3.05, 3.63) is 71.8 Å². The number of aromatic nitrogens is 1. The SMILES string of the molecule is CC(C)NC(=O)Nc1ccc(C(=O)/C=C/c2cc3ccccc3nc2N2CCOCC2)cc1. The lowest BCUT2D eigenvalue weighted by Gasteiger charge is -2.29. The summed E-state index contributed by atoms with van der Waals surface area (Å²) in [6, 6.07) is 16.7. The Morgan fingerprint density at radius 2 is 1.79 bits per heavy atom. The van der Waals surface area contributed by atoms with Gasteiger partial charge in [0.25, 0.3) is 0 Å². The topological polar surface area (TPSA) is 83.6 Å². The maximum absolute atomic E-state index is 12.8. The summed E-state index contributed by atoms with van der Waals surface area (Å²) < 4.78 is 5.49. The number of rotatable bonds is 6. The molecule has 2 amide bonds. The zero-order valence-electron chi connectivity index (χ0n) is 18.9. The molecule has 0 aliphatic carbocycles. The molecular formula is C26H28N4O3. The van der Waals surface area contributed by atoms with Crippen molar-refractivity contribution in [3.63, 3.8) is 0 Å². The van der Waals surface area contributed by atoms with Crippen molar-refractivity contribution < 1.29 is 14.3 Å². The van der Waals surface area contributed by atoms with Crippen LogP contribution < -0.4 is 15.5 Å². The largest absolute Gasteiger partial charge is 0.378 e. The Hall–Kier alpha value is -3.71. The number of morpholine rings is 1. The number of benzene rings is 2. The fraction of sp³-hybridized carbons (Fsp3) is 0.269. The van der Waals surface area contributed by atoms with Crippen LogP contribution in [0.15, 0.2) is 60.7 Å². The fourth-order valence-corrected chi connectivity index (χ4v) is 3.68. The van der Waals surface area contributed by atoms with Gasteiger partial charge in [0.1, 0.15) is 5.82 Å². The lowest BCUT2D eigenvalue weighted by Crippen LogP contribution is -2.37. The summed E-state index contributed by atoms with van der Waals surface area (Å²) >= 11 is 0. The first-order chi connectivity index (χ1) is 16.0. The van der Waals surface area contributed by atoms with Gasteiger partial charge in [0.2, 0.25) is 0 Å². The van der Waals surface area contributed by atoms with E-state index >= 15 is 0 Å². The third-order valence-electron chi connectivity index (χ3n) is 5.30. The maximum atomic E-state index is 12.8. The van der Waals surface area contributed by atoms with E-state index < -0.39 is 0 Å². The van der Waals surface area contributed by atoms with Gasteiger partial charge in [-0.15, -0.1) is 0 Å². The molecule has 0 spiro atoms. The Kier molecular flexibility index (Phi) is 7.00. The second-order valence-electron chi connectivity index (χ2n) is 8.22. The van der Waals surface area contributed by atoms with Crippen molar-refractivity contribution in [1.29, 1.82) is 0 Å². The molecule has 2 aromatic carbocycles. The van der Waals surface area contributed by atoms with Crippen molar-refractivity contribution in [1.82, 2.24) is 10.3 Å². The molecule has 0 unspecified atom stereocenters. The number of carbonyl (C=O) groups excluding carboxylic acids is 2. The summed E-state index contributed by atoms with van der Waals surface area (Å²) in [5, 5.41) is 6.55. The summed E-state index contributed by atoms with van der Waals surface area (Å²) in [7, 11) is 0. The second kappa shape index (κ2) is 10.3. The molecule has 7 heteroatoms. The van der Waals surface area contributed by atoms with E-state index in [2.05, 4.69) is 21.6 Å². The Balaban J connectivity index is 1.53. The van der Waals surface area contributed by atoms with Gasteiger partial charge in [-0.05, 0) is 62.4 Å². The molecular weight excluding hydrogens is 416 g/mol. The van der Waals surface area contributed by atoms with Gasteiger partial charge in [-0.1, -0.05) is 18.2 Å². The number of pyridine rings is 1. The number of anilines is 2. The first-order valence-corrected chi connectivity index (χ1v) is 11.1. The average Bonchev–Trinajstić information content (AvgIpc) is 2.82. The standard InChI is InChI=1S/C26H28N4O3/c1-18(2)27-26(32)28-22-10-7-19(8-11-22)24(31)12-9-21-17-20-5-3-4-6-23(20)29-25(21)30-13-15-33-16-14-30/h3-12,17-18H,13-16H2,1-2H3,(H2,27,28,32)/b12-9+. The van der Waals surface area contributed by atoms with Gasteiger partial charge in [-0.3, -0.25) is 4.79 Å². The number of para-hydroxylation sites is 1. The summed E-state index contributed by atoms with van der Waals surface area (Å²) in [4.78, 5) is 31.7. The lowest BCUT2D eigenvalue weighted by molar-refractivity contribution is 0.104. The monoisotopic (exact) mass is 444 g/mol. The fourth-order valence-electron chi connectivity index (χ4n) is 3.68. The molecule has 3 aromatic rings. The van der Waals surface area contributed by atoms with Gasteiger partial charge < -0.3 is 20.3 Å². The number of fused-ring (bicyclic) bond motifs is 1. The number of ether oxygens (including phenoxy) is 1. The van der Waals surface area contributed by atoms with Gasteiger partial charge >= 0.3 is 6.03 Å². The smallest absolute Gasteiger partial charge is 0.319 e. The maximum Gasteiger partial charge on any atom is 0.319 e. The molecule has 1 aromatic heterocycles. The van der Waals surface area contributed by atoms with Crippen LogP contribution in [0.5, 0.6) is 0 Å². The number of ketones is 1. The van der Waals surface area contributed by atoms with Crippen molar-refractivity contribution in [2.24, 2.45) is 0 Å². The zero-order valence-corrected chi connectivity index (χ0v) is 18.9. The molecule has 2 N–H and O–H groups in total. The molecule has 0 saturated carbocycles. The van der Waals surface area contributed by atoms with Crippen LogP contribution in [0.2, 0.25) is 0 Å². The van der Waals surface area contributed by atoms with Crippen LogP contribution in [0.1, 0.15) is 29.8 Å². The van der Waals surface area contributed by atoms with Crippen LogP contribution in [-0.4, -0.2) is 49.1 Å². The third-order valence-corrected chi connectivity index (χ3v) is 5.30. The zero-order chi connectivity index (χ0) is 23.2. The van der Waals surface area contributed by atoms with Crippen LogP contribution in [-0.2, 0) is 4.74 Å². The minimum Gasteiger partial charge on any atom is -0.378 e.